The number of hydrogen-bond donors (Lipinski definition) is 0. The molecular weight excluding hydrogens is 400 g/mol. The summed E-state index contributed by atoms with van der Waals surface area (Å²) in [6.07, 6.45) is 1.08. The molecule has 1 saturated heterocycles. The van der Waals surface area contributed by atoms with Crippen molar-refractivity contribution < 1.29 is 4.79 Å². The monoisotopic (exact) mass is 426 g/mol. The highest BCUT2D eigenvalue weighted by molar-refractivity contribution is 7.18. The minimum absolute atomic E-state index is 0.274. The Hall–Kier alpha value is -1.80. The van der Waals surface area contributed by atoms with Crippen LogP contribution in [0.5, 0.6) is 0 Å². The summed E-state index contributed by atoms with van der Waals surface area (Å²) in [4.78, 5) is 26.0. The van der Waals surface area contributed by atoms with Gasteiger partial charge in [0.05, 0.1) is 22.8 Å². The van der Waals surface area contributed by atoms with Crippen LogP contribution < -0.4 is 0 Å². The van der Waals surface area contributed by atoms with Crippen LogP contribution in [0.2, 0.25) is 0 Å². The van der Waals surface area contributed by atoms with Crippen LogP contribution in [0.3, 0.4) is 0 Å². The first-order valence-electron chi connectivity index (χ1n) is 10.3. The van der Waals surface area contributed by atoms with E-state index in [9.17, 15) is 4.79 Å². The maximum absolute atomic E-state index is 12.8. The number of aromatic nitrogens is 1. The number of hydrogen-bond acceptors (Lipinski definition) is 6. The quantitative estimate of drug-likeness (QED) is 0.639. The first-order chi connectivity index (χ1) is 14.2. The van der Waals surface area contributed by atoms with Crippen molar-refractivity contribution in [1.82, 2.24) is 19.7 Å². The maximum atomic E-state index is 12.8. The average molecular weight is 427 g/mol. The van der Waals surface area contributed by atoms with Crippen LogP contribution in [-0.2, 0) is 17.8 Å². The van der Waals surface area contributed by atoms with E-state index in [1.54, 1.807) is 11.3 Å². The lowest BCUT2D eigenvalue weighted by Gasteiger charge is -2.38. The molecule has 3 aromatic rings. The number of thiazole rings is 1. The summed E-state index contributed by atoms with van der Waals surface area (Å²) in [5.74, 6) is 0.274. The number of rotatable bonds is 4. The molecule has 0 unspecified atom stereocenters. The SMILES string of the molecule is C[C@@H](c1nc2ccccc2s1)N1CCN(C(=O)CN2CCc3sccc3C2)CC1. The van der Waals surface area contributed by atoms with Crippen LogP contribution >= 0.6 is 22.7 Å². The van der Waals surface area contributed by atoms with Gasteiger partial charge in [0.15, 0.2) is 0 Å². The van der Waals surface area contributed by atoms with Gasteiger partial charge in [0.2, 0.25) is 5.91 Å². The van der Waals surface area contributed by atoms with E-state index in [1.165, 1.54) is 20.1 Å². The lowest BCUT2D eigenvalue weighted by molar-refractivity contribution is -0.134. The third-order valence-corrected chi connectivity index (χ3v) is 8.36. The summed E-state index contributed by atoms with van der Waals surface area (Å²) >= 11 is 3.63. The molecule has 1 fully saturated rings. The second kappa shape index (κ2) is 8.14. The average Bonchev–Trinajstić information content (AvgIpc) is 3.39. The summed E-state index contributed by atoms with van der Waals surface area (Å²) in [6, 6.07) is 10.8. The fraction of sp³-hybridized carbons (Fsp3) is 0.455. The molecule has 152 valence electrons. The van der Waals surface area contributed by atoms with Crippen molar-refractivity contribution >= 4 is 38.8 Å². The van der Waals surface area contributed by atoms with Gasteiger partial charge in [-0.1, -0.05) is 12.1 Å². The first-order valence-corrected chi connectivity index (χ1v) is 12.0. The lowest BCUT2D eigenvalue weighted by Crippen LogP contribution is -2.51. The second-order valence-corrected chi connectivity index (χ2v) is 10.0. The largest absolute Gasteiger partial charge is 0.339 e. The van der Waals surface area contributed by atoms with Crippen molar-refractivity contribution in [1.29, 1.82) is 0 Å². The van der Waals surface area contributed by atoms with E-state index in [-0.39, 0.29) is 5.91 Å². The van der Waals surface area contributed by atoms with E-state index in [0.717, 1.165) is 51.2 Å². The molecule has 29 heavy (non-hydrogen) atoms. The first kappa shape index (κ1) is 19.2. The number of amides is 1. The summed E-state index contributed by atoms with van der Waals surface area (Å²) in [5.41, 5.74) is 2.49. The van der Waals surface area contributed by atoms with Gasteiger partial charge in [-0.15, -0.1) is 22.7 Å². The van der Waals surface area contributed by atoms with E-state index >= 15 is 0 Å². The summed E-state index contributed by atoms with van der Waals surface area (Å²) < 4.78 is 1.25. The Kier molecular flexibility index (Phi) is 5.39. The number of benzene rings is 1. The molecule has 5 nitrogen and oxygen atoms in total. The topological polar surface area (TPSA) is 39.7 Å². The predicted molar refractivity (Wildman–Crippen MR) is 119 cm³/mol. The lowest BCUT2D eigenvalue weighted by atomic mass is 10.1. The molecule has 1 atom stereocenters. The minimum Gasteiger partial charge on any atom is -0.339 e. The molecule has 0 saturated carbocycles. The van der Waals surface area contributed by atoms with Crippen molar-refractivity contribution in [3.05, 3.63) is 51.2 Å². The molecule has 7 heteroatoms. The highest BCUT2D eigenvalue weighted by Gasteiger charge is 2.28. The van der Waals surface area contributed by atoms with E-state index in [0.29, 0.717) is 12.6 Å². The third-order valence-electron chi connectivity index (χ3n) is 6.13. The number of fused-ring (bicyclic) bond motifs is 2. The Bertz CT molecular complexity index is 972. The van der Waals surface area contributed by atoms with E-state index in [1.807, 2.05) is 22.3 Å². The van der Waals surface area contributed by atoms with E-state index in [4.69, 9.17) is 4.98 Å². The summed E-state index contributed by atoms with van der Waals surface area (Å²) in [6.45, 7) is 8.14. The smallest absolute Gasteiger partial charge is 0.236 e. The normalized spacial score (nSPS) is 19.4. The van der Waals surface area contributed by atoms with Crippen molar-refractivity contribution in [3.8, 4) is 0 Å². The van der Waals surface area contributed by atoms with Crippen LogP contribution in [0, 0.1) is 0 Å². The molecule has 0 spiro atoms. The van der Waals surface area contributed by atoms with Crippen molar-refractivity contribution in [3.63, 3.8) is 0 Å². The Morgan fingerprint density at radius 3 is 2.79 bits per heavy atom. The van der Waals surface area contributed by atoms with E-state index in [2.05, 4.69) is 46.4 Å². The number of nitrogens with zero attached hydrogens (tertiary/aromatic N) is 4. The van der Waals surface area contributed by atoms with Gasteiger partial charge < -0.3 is 4.90 Å². The van der Waals surface area contributed by atoms with Gasteiger partial charge in [-0.05, 0) is 42.5 Å². The zero-order chi connectivity index (χ0) is 19.8. The Morgan fingerprint density at radius 2 is 1.97 bits per heavy atom. The Labute approximate surface area is 179 Å². The Morgan fingerprint density at radius 1 is 1.14 bits per heavy atom. The predicted octanol–water partition coefficient (Wildman–Crippen LogP) is 3.62. The van der Waals surface area contributed by atoms with Gasteiger partial charge in [0.25, 0.3) is 0 Å². The van der Waals surface area contributed by atoms with Gasteiger partial charge in [-0.3, -0.25) is 14.6 Å². The number of thiophene rings is 1. The van der Waals surface area contributed by atoms with Crippen LogP contribution in [0.15, 0.2) is 35.7 Å². The van der Waals surface area contributed by atoms with Gasteiger partial charge in [-0.2, -0.15) is 0 Å². The van der Waals surface area contributed by atoms with Crippen LogP contribution in [-0.4, -0.2) is 64.9 Å². The van der Waals surface area contributed by atoms with Gasteiger partial charge in [-0.25, -0.2) is 4.98 Å². The van der Waals surface area contributed by atoms with Crippen LogP contribution in [0.1, 0.15) is 28.4 Å². The third kappa shape index (κ3) is 3.97. The number of carbonyl (C=O) groups excluding carboxylic acids is 1. The van der Waals surface area contributed by atoms with Gasteiger partial charge in [0.1, 0.15) is 5.01 Å². The molecule has 2 aliphatic rings. The number of para-hydroxylation sites is 1. The van der Waals surface area contributed by atoms with Gasteiger partial charge >= 0.3 is 0 Å². The molecule has 2 aromatic heterocycles. The number of piperazine rings is 1. The van der Waals surface area contributed by atoms with E-state index < -0.39 is 0 Å². The standard InChI is InChI=1S/C22H26N4OS2/c1-16(22-23-18-4-2-3-5-20(18)29-22)25-9-11-26(12-10-25)21(27)15-24-8-6-19-17(14-24)7-13-28-19/h2-5,7,13,16H,6,8-12,14-15H2,1H3/t16-/m0/s1. The molecular formula is C22H26N4OS2. The molecule has 1 aromatic carbocycles. The van der Waals surface area contributed by atoms with Gasteiger partial charge in [0, 0.05) is 44.1 Å². The molecule has 0 radical (unpaired) electrons. The summed E-state index contributed by atoms with van der Waals surface area (Å²) in [7, 11) is 0. The maximum Gasteiger partial charge on any atom is 0.236 e. The Balaban J connectivity index is 1.15. The fourth-order valence-corrected chi connectivity index (χ4v) is 6.26. The summed E-state index contributed by atoms with van der Waals surface area (Å²) in [5, 5.41) is 3.34. The molecule has 0 aliphatic carbocycles. The van der Waals surface area contributed by atoms with Crippen LogP contribution in [0.4, 0.5) is 0 Å². The van der Waals surface area contributed by atoms with Crippen molar-refractivity contribution in [2.75, 3.05) is 39.3 Å². The zero-order valence-electron chi connectivity index (χ0n) is 16.7. The molecule has 2 aliphatic heterocycles. The van der Waals surface area contributed by atoms with Crippen molar-refractivity contribution in [2.24, 2.45) is 0 Å². The fourth-order valence-electron chi connectivity index (χ4n) is 4.32. The van der Waals surface area contributed by atoms with Crippen LogP contribution in [0.25, 0.3) is 10.2 Å². The highest BCUT2D eigenvalue weighted by atomic mass is 32.1. The molecule has 4 heterocycles. The zero-order valence-corrected chi connectivity index (χ0v) is 18.3. The highest BCUT2D eigenvalue weighted by Crippen LogP contribution is 2.30. The minimum atomic E-state index is 0.274. The number of carbonyl (C=O) groups is 1. The molecule has 0 bridgehead atoms. The second-order valence-electron chi connectivity index (χ2n) is 7.94. The molecule has 1 amide bonds. The van der Waals surface area contributed by atoms with Crippen molar-refractivity contribution in [2.45, 2.75) is 25.9 Å². The molecule has 5 rings (SSSR count). The molecule has 0 N–H and O–H groups in total.